The highest BCUT2D eigenvalue weighted by atomic mass is 16.5. The fourth-order valence-electron chi connectivity index (χ4n) is 0.838. The van der Waals surface area contributed by atoms with Crippen LogP contribution in [0.4, 0.5) is 0 Å². The number of benzene rings is 1. The molecule has 1 aromatic carbocycles. The molecule has 0 saturated heterocycles. The van der Waals surface area contributed by atoms with E-state index in [1.165, 1.54) is 6.92 Å². The molecule has 0 aliphatic carbocycles. The summed E-state index contributed by atoms with van der Waals surface area (Å²) in [6, 6.07) is 12.0. The molecule has 1 rings (SSSR count). The highest BCUT2D eigenvalue weighted by Crippen LogP contribution is 1.79. The van der Waals surface area contributed by atoms with Crippen LogP contribution in [0, 0.1) is 0 Å². The second kappa shape index (κ2) is 17.1. The Morgan fingerprint density at radius 3 is 1.35 bits per heavy atom. The van der Waals surface area contributed by atoms with E-state index in [0.29, 0.717) is 6.61 Å². The van der Waals surface area contributed by atoms with Crippen molar-refractivity contribution in [3.05, 3.63) is 36.4 Å². The molecule has 3 heteroatoms. The Morgan fingerprint density at radius 2 is 1.29 bits per heavy atom. The third kappa shape index (κ3) is 25.2. The molecule has 0 heterocycles. The largest absolute Gasteiger partial charge is 0.466 e. The van der Waals surface area contributed by atoms with Gasteiger partial charge in [-0.15, -0.1) is 0 Å². The number of hydrogen-bond acceptors (Lipinski definition) is 3. The van der Waals surface area contributed by atoms with Crippen molar-refractivity contribution < 1.29 is 9.53 Å². The molecule has 0 aromatic heterocycles. The molecule has 0 saturated carbocycles. The van der Waals surface area contributed by atoms with Crippen LogP contribution in [0.3, 0.4) is 0 Å². The fraction of sp³-hybridized carbons (Fsp3) is 0.500. The van der Waals surface area contributed by atoms with Gasteiger partial charge in [-0.2, -0.15) is 0 Å². The normalized spacial score (nSPS) is 8.00. The van der Waals surface area contributed by atoms with Crippen LogP contribution in [0.5, 0.6) is 0 Å². The van der Waals surface area contributed by atoms with Gasteiger partial charge in [0.05, 0.1) is 6.61 Å². The third-order valence-electron chi connectivity index (χ3n) is 1.51. The molecule has 1 aromatic rings. The summed E-state index contributed by atoms with van der Waals surface area (Å²) in [6.45, 7) is 10.0. The minimum Gasteiger partial charge on any atom is -0.466 e. The van der Waals surface area contributed by atoms with Gasteiger partial charge in [-0.3, -0.25) is 4.79 Å². The van der Waals surface area contributed by atoms with Crippen molar-refractivity contribution in [3.63, 3.8) is 0 Å². The van der Waals surface area contributed by atoms with E-state index >= 15 is 0 Å². The first-order valence-electron chi connectivity index (χ1n) is 6.03. The monoisotopic (exact) mass is 239 g/mol. The second-order valence-electron chi connectivity index (χ2n) is 3.04. The highest BCUT2D eigenvalue weighted by molar-refractivity contribution is 5.65. The van der Waals surface area contributed by atoms with Gasteiger partial charge in [0.15, 0.2) is 0 Å². The van der Waals surface area contributed by atoms with Crippen LogP contribution in [0.2, 0.25) is 0 Å². The minimum absolute atomic E-state index is 0.211. The Hall–Kier alpha value is -1.35. The van der Waals surface area contributed by atoms with Gasteiger partial charge in [0, 0.05) is 6.92 Å². The number of nitrogens with one attached hydrogen (secondary N) is 1. The predicted octanol–water partition coefficient (Wildman–Crippen LogP) is 2.87. The van der Waals surface area contributed by atoms with Crippen LogP contribution in [0.1, 0.15) is 27.7 Å². The molecule has 1 N–H and O–H groups in total. The van der Waals surface area contributed by atoms with Crippen molar-refractivity contribution in [3.8, 4) is 0 Å². The lowest BCUT2D eigenvalue weighted by Crippen LogP contribution is -2.09. The summed E-state index contributed by atoms with van der Waals surface area (Å²) in [5.41, 5.74) is 0. The zero-order chi connectivity index (χ0) is 13.4. The first kappa shape index (κ1) is 18.0. The average Bonchev–Trinajstić information content (AvgIpc) is 2.34. The Balaban J connectivity index is 0. The molecular weight excluding hydrogens is 214 g/mol. The summed E-state index contributed by atoms with van der Waals surface area (Å²) in [6.07, 6.45) is 0. The smallest absolute Gasteiger partial charge is 0.302 e. The van der Waals surface area contributed by atoms with Crippen LogP contribution >= 0.6 is 0 Å². The van der Waals surface area contributed by atoms with Crippen molar-refractivity contribution in [1.29, 1.82) is 0 Å². The number of rotatable bonds is 3. The third-order valence-corrected chi connectivity index (χ3v) is 1.51. The summed E-state index contributed by atoms with van der Waals surface area (Å²) >= 11 is 0. The fourth-order valence-corrected chi connectivity index (χ4v) is 0.838. The summed E-state index contributed by atoms with van der Waals surface area (Å²) in [5, 5.41) is 3.11. The van der Waals surface area contributed by atoms with Crippen molar-refractivity contribution >= 4 is 5.97 Å². The van der Waals surface area contributed by atoms with E-state index in [0.717, 1.165) is 13.1 Å². The minimum atomic E-state index is -0.211. The number of carbonyl (C=O) groups excluding carboxylic acids is 1. The van der Waals surface area contributed by atoms with Crippen molar-refractivity contribution in [2.75, 3.05) is 19.7 Å². The maximum Gasteiger partial charge on any atom is 0.302 e. The van der Waals surface area contributed by atoms with Gasteiger partial charge in [-0.1, -0.05) is 50.2 Å². The zero-order valence-electron chi connectivity index (χ0n) is 11.4. The van der Waals surface area contributed by atoms with E-state index in [1.807, 2.05) is 36.4 Å². The van der Waals surface area contributed by atoms with E-state index in [1.54, 1.807) is 6.92 Å². The number of esters is 1. The molecule has 3 nitrogen and oxygen atoms in total. The quantitative estimate of drug-likeness (QED) is 0.824. The molecule has 0 aliphatic heterocycles. The SMILES string of the molecule is CCNCC.CCOC(C)=O.c1ccccc1. The lowest BCUT2D eigenvalue weighted by molar-refractivity contribution is -0.140. The second-order valence-corrected chi connectivity index (χ2v) is 3.04. The van der Waals surface area contributed by atoms with Crippen LogP contribution in [0.15, 0.2) is 36.4 Å². The van der Waals surface area contributed by atoms with Gasteiger partial charge >= 0.3 is 5.97 Å². The van der Waals surface area contributed by atoms with Gasteiger partial charge in [0.25, 0.3) is 0 Å². The first-order chi connectivity index (χ1) is 8.18. The van der Waals surface area contributed by atoms with Gasteiger partial charge in [0.1, 0.15) is 0 Å². The topological polar surface area (TPSA) is 38.3 Å². The Bertz CT molecular complexity index is 209. The summed E-state index contributed by atoms with van der Waals surface area (Å²) in [7, 11) is 0. The molecule has 98 valence electrons. The maximum atomic E-state index is 9.82. The molecule has 0 bridgehead atoms. The maximum absolute atomic E-state index is 9.82. The molecule has 0 fully saturated rings. The van der Waals surface area contributed by atoms with E-state index in [4.69, 9.17) is 0 Å². The van der Waals surface area contributed by atoms with Gasteiger partial charge < -0.3 is 10.1 Å². The summed E-state index contributed by atoms with van der Waals surface area (Å²) in [4.78, 5) is 9.82. The van der Waals surface area contributed by atoms with Crippen molar-refractivity contribution in [2.24, 2.45) is 0 Å². The van der Waals surface area contributed by atoms with E-state index in [9.17, 15) is 4.79 Å². The molecule has 0 atom stereocenters. The van der Waals surface area contributed by atoms with Crippen molar-refractivity contribution in [2.45, 2.75) is 27.7 Å². The lowest BCUT2D eigenvalue weighted by atomic mass is 10.4. The molecular formula is C14H25NO2. The molecule has 0 radical (unpaired) electrons. The van der Waals surface area contributed by atoms with E-state index in [2.05, 4.69) is 23.9 Å². The molecule has 0 amide bonds. The Kier molecular flexibility index (Phi) is 18.1. The number of ether oxygens (including phenoxy) is 1. The summed E-state index contributed by atoms with van der Waals surface area (Å²) in [5.74, 6) is -0.211. The first-order valence-corrected chi connectivity index (χ1v) is 6.03. The van der Waals surface area contributed by atoms with Crippen molar-refractivity contribution in [1.82, 2.24) is 5.32 Å². The summed E-state index contributed by atoms with van der Waals surface area (Å²) < 4.78 is 4.40. The molecule has 0 unspecified atom stereocenters. The lowest BCUT2D eigenvalue weighted by Gasteiger charge is -1.89. The average molecular weight is 239 g/mol. The number of hydrogen-bond donors (Lipinski definition) is 1. The van der Waals surface area contributed by atoms with E-state index in [-0.39, 0.29) is 5.97 Å². The number of carbonyl (C=O) groups is 1. The van der Waals surface area contributed by atoms with Gasteiger partial charge in [-0.05, 0) is 20.0 Å². The van der Waals surface area contributed by atoms with Gasteiger partial charge in [-0.25, -0.2) is 0 Å². The predicted molar refractivity (Wildman–Crippen MR) is 73.0 cm³/mol. The van der Waals surface area contributed by atoms with Crippen LogP contribution < -0.4 is 5.32 Å². The van der Waals surface area contributed by atoms with E-state index < -0.39 is 0 Å². The molecule has 17 heavy (non-hydrogen) atoms. The highest BCUT2D eigenvalue weighted by Gasteiger charge is 1.81. The Labute approximate surface area is 105 Å². The van der Waals surface area contributed by atoms with Crippen LogP contribution in [-0.2, 0) is 9.53 Å². The van der Waals surface area contributed by atoms with Crippen LogP contribution in [-0.4, -0.2) is 25.7 Å². The standard InChI is InChI=1S/C6H6.C4H11N.C4H8O2/c1-2-4-6-5-3-1;1-3-5-4-2;1-3-6-4(2)5/h1-6H;5H,3-4H2,1-2H3;3H2,1-2H3. The zero-order valence-corrected chi connectivity index (χ0v) is 11.4. The molecule has 0 spiro atoms. The van der Waals surface area contributed by atoms with Crippen LogP contribution in [0.25, 0.3) is 0 Å². The molecule has 0 aliphatic rings. The Morgan fingerprint density at radius 1 is 0.941 bits per heavy atom. The van der Waals surface area contributed by atoms with Gasteiger partial charge in [0.2, 0.25) is 0 Å².